The van der Waals surface area contributed by atoms with Crippen LogP contribution in [0.4, 0.5) is 0 Å². The highest BCUT2D eigenvalue weighted by molar-refractivity contribution is 9.13. The fourth-order valence-electron chi connectivity index (χ4n) is 1.38. The molecule has 0 radical (unpaired) electrons. The van der Waals surface area contributed by atoms with E-state index in [-0.39, 0.29) is 0 Å². The molecule has 1 aromatic carbocycles. The summed E-state index contributed by atoms with van der Waals surface area (Å²) in [6.07, 6.45) is 3.87. The number of rotatable bonds is 6. The molecule has 0 spiro atoms. The van der Waals surface area contributed by atoms with Crippen molar-refractivity contribution < 1.29 is 0 Å². The zero-order valence-electron chi connectivity index (χ0n) is 9.02. The van der Waals surface area contributed by atoms with Crippen LogP contribution in [0.15, 0.2) is 27.1 Å². The van der Waals surface area contributed by atoms with Crippen LogP contribution in [0.25, 0.3) is 0 Å². The van der Waals surface area contributed by atoms with Crippen molar-refractivity contribution in [1.82, 2.24) is 5.32 Å². The van der Waals surface area contributed by atoms with Crippen LogP contribution in [0.1, 0.15) is 31.7 Å². The molecule has 0 aromatic heterocycles. The van der Waals surface area contributed by atoms with Crippen LogP contribution in [0.5, 0.6) is 0 Å². The molecule has 0 fully saturated rings. The van der Waals surface area contributed by atoms with Gasteiger partial charge in [-0.2, -0.15) is 0 Å². The monoisotopic (exact) mass is 333 g/mol. The van der Waals surface area contributed by atoms with Crippen molar-refractivity contribution in [3.05, 3.63) is 32.7 Å². The molecule has 0 unspecified atom stereocenters. The molecule has 0 bridgehead atoms. The van der Waals surface area contributed by atoms with Crippen LogP contribution >= 0.6 is 31.9 Å². The van der Waals surface area contributed by atoms with Crippen LogP contribution in [0.2, 0.25) is 0 Å². The van der Waals surface area contributed by atoms with Gasteiger partial charge in [0.05, 0.1) is 0 Å². The maximum absolute atomic E-state index is 3.51. The van der Waals surface area contributed by atoms with E-state index < -0.39 is 0 Å². The predicted molar refractivity (Wildman–Crippen MR) is 73.1 cm³/mol. The molecule has 1 nitrogen and oxygen atoms in total. The summed E-state index contributed by atoms with van der Waals surface area (Å²) in [6.45, 7) is 4.29. The summed E-state index contributed by atoms with van der Waals surface area (Å²) in [4.78, 5) is 0. The van der Waals surface area contributed by atoms with Crippen molar-refractivity contribution in [2.75, 3.05) is 6.54 Å². The average Bonchev–Trinajstić information content (AvgIpc) is 2.23. The third-order valence-corrected chi connectivity index (χ3v) is 4.15. The molecular formula is C12H17Br2N. The lowest BCUT2D eigenvalue weighted by Crippen LogP contribution is -2.14. The maximum atomic E-state index is 3.51. The fraction of sp³-hybridized carbons (Fsp3) is 0.500. The Bertz CT molecular complexity index is 300. The van der Waals surface area contributed by atoms with Gasteiger partial charge in [-0.15, -0.1) is 0 Å². The highest BCUT2D eigenvalue weighted by atomic mass is 79.9. The fourth-order valence-corrected chi connectivity index (χ4v) is 2.06. The molecular weight excluding hydrogens is 318 g/mol. The third-order valence-electron chi connectivity index (χ3n) is 2.27. The molecule has 1 aromatic rings. The van der Waals surface area contributed by atoms with E-state index in [9.17, 15) is 0 Å². The smallest absolute Gasteiger partial charge is 0.0320 e. The van der Waals surface area contributed by atoms with E-state index >= 15 is 0 Å². The number of benzene rings is 1. The van der Waals surface area contributed by atoms with Gasteiger partial charge in [-0.25, -0.2) is 0 Å². The van der Waals surface area contributed by atoms with Gasteiger partial charge in [0, 0.05) is 15.5 Å². The van der Waals surface area contributed by atoms with Crippen molar-refractivity contribution in [1.29, 1.82) is 0 Å². The molecule has 0 saturated heterocycles. The molecule has 84 valence electrons. The Morgan fingerprint density at radius 1 is 1.13 bits per heavy atom. The first-order valence-corrected chi connectivity index (χ1v) is 6.97. The first kappa shape index (κ1) is 13.2. The Morgan fingerprint density at radius 2 is 1.93 bits per heavy atom. The standard InChI is InChI=1S/C12H17Br2N/c1-2-3-4-7-15-9-10-5-6-11(13)12(14)8-10/h5-6,8,15H,2-4,7,9H2,1H3. The normalized spacial score (nSPS) is 10.6. The molecule has 1 N–H and O–H groups in total. The molecule has 0 aliphatic rings. The lowest BCUT2D eigenvalue weighted by Gasteiger charge is -2.05. The second kappa shape index (κ2) is 7.42. The van der Waals surface area contributed by atoms with Crippen molar-refractivity contribution in [3.8, 4) is 0 Å². The Kier molecular flexibility index (Phi) is 6.53. The topological polar surface area (TPSA) is 12.0 Å². The van der Waals surface area contributed by atoms with Crippen LogP contribution in [0.3, 0.4) is 0 Å². The van der Waals surface area contributed by atoms with E-state index in [0.29, 0.717) is 0 Å². The minimum atomic E-state index is 0.954. The minimum absolute atomic E-state index is 0.954. The molecule has 0 aliphatic heterocycles. The van der Waals surface area contributed by atoms with Gasteiger partial charge in [0.1, 0.15) is 0 Å². The second-order valence-electron chi connectivity index (χ2n) is 3.63. The van der Waals surface area contributed by atoms with Gasteiger partial charge < -0.3 is 5.32 Å². The lowest BCUT2D eigenvalue weighted by molar-refractivity contribution is 0.616. The summed E-state index contributed by atoms with van der Waals surface area (Å²) >= 11 is 6.97. The van der Waals surface area contributed by atoms with Crippen LogP contribution in [0, 0.1) is 0 Å². The third kappa shape index (κ3) is 5.14. The van der Waals surface area contributed by atoms with E-state index in [2.05, 4.69) is 62.3 Å². The largest absolute Gasteiger partial charge is 0.313 e. The molecule has 3 heteroatoms. The number of hydrogen-bond donors (Lipinski definition) is 1. The van der Waals surface area contributed by atoms with Gasteiger partial charge in [0.25, 0.3) is 0 Å². The number of hydrogen-bond acceptors (Lipinski definition) is 1. The summed E-state index contributed by atoms with van der Waals surface area (Å²) < 4.78 is 2.23. The summed E-state index contributed by atoms with van der Waals surface area (Å²) in [6, 6.07) is 6.37. The molecule has 0 saturated carbocycles. The Morgan fingerprint density at radius 3 is 2.60 bits per heavy atom. The van der Waals surface area contributed by atoms with Crippen molar-refractivity contribution >= 4 is 31.9 Å². The van der Waals surface area contributed by atoms with E-state index in [4.69, 9.17) is 0 Å². The van der Waals surface area contributed by atoms with Gasteiger partial charge in [-0.05, 0) is 62.5 Å². The van der Waals surface area contributed by atoms with Crippen LogP contribution in [-0.2, 0) is 6.54 Å². The SMILES string of the molecule is CCCCCNCc1ccc(Br)c(Br)c1. The number of unbranched alkanes of at least 4 members (excludes halogenated alkanes) is 2. The summed E-state index contributed by atoms with van der Waals surface area (Å²) in [5.74, 6) is 0. The van der Waals surface area contributed by atoms with Crippen LogP contribution in [-0.4, -0.2) is 6.54 Å². The van der Waals surface area contributed by atoms with Crippen molar-refractivity contribution in [2.24, 2.45) is 0 Å². The predicted octanol–water partition coefficient (Wildman–Crippen LogP) is 4.49. The maximum Gasteiger partial charge on any atom is 0.0320 e. The van der Waals surface area contributed by atoms with E-state index in [1.165, 1.54) is 24.8 Å². The highest BCUT2D eigenvalue weighted by Crippen LogP contribution is 2.23. The van der Waals surface area contributed by atoms with Crippen LogP contribution < -0.4 is 5.32 Å². The van der Waals surface area contributed by atoms with Gasteiger partial charge in [0.2, 0.25) is 0 Å². The quantitative estimate of drug-likeness (QED) is 0.756. The average molecular weight is 335 g/mol. The highest BCUT2D eigenvalue weighted by Gasteiger charge is 1.98. The van der Waals surface area contributed by atoms with E-state index in [0.717, 1.165) is 22.0 Å². The second-order valence-corrected chi connectivity index (χ2v) is 5.34. The minimum Gasteiger partial charge on any atom is -0.313 e. The number of halogens is 2. The van der Waals surface area contributed by atoms with Gasteiger partial charge in [0.15, 0.2) is 0 Å². The molecule has 15 heavy (non-hydrogen) atoms. The Hall–Kier alpha value is 0.140. The lowest BCUT2D eigenvalue weighted by atomic mass is 10.2. The molecule has 0 heterocycles. The van der Waals surface area contributed by atoms with Crippen molar-refractivity contribution in [3.63, 3.8) is 0 Å². The van der Waals surface area contributed by atoms with Gasteiger partial charge in [-0.3, -0.25) is 0 Å². The molecule has 1 rings (SSSR count). The van der Waals surface area contributed by atoms with Crippen molar-refractivity contribution in [2.45, 2.75) is 32.7 Å². The molecule has 0 amide bonds. The first-order chi connectivity index (χ1) is 7.24. The number of nitrogens with one attached hydrogen (secondary N) is 1. The molecule has 0 aliphatic carbocycles. The van der Waals surface area contributed by atoms with Gasteiger partial charge >= 0.3 is 0 Å². The zero-order valence-corrected chi connectivity index (χ0v) is 12.2. The summed E-state index contributed by atoms with van der Waals surface area (Å²) in [7, 11) is 0. The zero-order chi connectivity index (χ0) is 11.1. The Labute approximate surface area is 109 Å². The van der Waals surface area contributed by atoms with E-state index in [1.54, 1.807) is 0 Å². The first-order valence-electron chi connectivity index (χ1n) is 5.38. The summed E-state index contributed by atoms with van der Waals surface area (Å²) in [5, 5.41) is 3.45. The summed E-state index contributed by atoms with van der Waals surface area (Å²) in [5.41, 5.74) is 1.32. The van der Waals surface area contributed by atoms with Gasteiger partial charge in [-0.1, -0.05) is 25.8 Å². The van der Waals surface area contributed by atoms with E-state index in [1.807, 2.05) is 0 Å². The Balaban J connectivity index is 2.28. The molecule has 0 atom stereocenters.